The predicted octanol–water partition coefficient (Wildman–Crippen LogP) is 1.53. The Bertz CT molecular complexity index is 765. The Labute approximate surface area is 115 Å². The average Bonchev–Trinajstić information content (AvgIpc) is 2.79. The lowest BCUT2D eigenvalue weighted by Gasteiger charge is -2.12. The number of benzene rings is 1. The van der Waals surface area contributed by atoms with E-state index in [4.69, 9.17) is 5.11 Å². The van der Waals surface area contributed by atoms with E-state index in [0.717, 1.165) is 0 Å². The molecule has 0 spiro atoms. The SMILES string of the molecule is Cc1ncc(S(=O)(=O)Nc2c(C)cccc2C(=O)O)[nH]1. The van der Waals surface area contributed by atoms with Gasteiger partial charge in [0.15, 0.2) is 5.03 Å². The van der Waals surface area contributed by atoms with Gasteiger partial charge in [-0.1, -0.05) is 12.1 Å². The summed E-state index contributed by atoms with van der Waals surface area (Å²) in [6.45, 7) is 3.25. The predicted molar refractivity (Wildman–Crippen MR) is 72.3 cm³/mol. The molecule has 0 bridgehead atoms. The largest absolute Gasteiger partial charge is 0.478 e. The van der Waals surface area contributed by atoms with Crippen LogP contribution < -0.4 is 4.72 Å². The Morgan fingerprint density at radius 3 is 2.60 bits per heavy atom. The van der Waals surface area contributed by atoms with Crippen LogP contribution in [0, 0.1) is 13.8 Å². The summed E-state index contributed by atoms with van der Waals surface area (Å²) in [6.07, 6.45) is 1.18. The molecule has 0 aliphatic carbocycles. The molecular weight excluding hydrogens is 282 g/mol. The number of sulfonamides is 1. The number of nitrogens with zero attached hydrogens (tertiary/aromatic N) is 1. The number of carbonyl (C=O) groups is 1. The van der Waals surface area contributed by atoms with Crippen molar-refractivity contribution in [3.05, 3.63) is 41.3 Å². The summed E-state index contributed by atoms with van der Waals surface area (Å²) < 4.78 is 26.6. The van der Waals surface area contributed by atoms with Gasteiger partial charge in [0.2, 0.25) is 0 Å². The van der Waals surface area contributed by atoms with E-state index in [9.17, 15) is 13.2 Å². The number of nitrogens with one attached hydrogen (secondary N) is 2. The molecule has 0 aliphatic heterocycles. The van der Waals surface area contributed by atoms with Gasteiger partial charge >= 0.3 is 5.97 Å². The van der Waals surface area contributed by atoms with Crippen LogP contribution in [0.3, 0.4) is 0 Å². The van der Waals surface area contributed by atoms with Crippen LogP contribution in [0.25, 0.3) is 0 Å². The molecule has 106 valence electrons. The number of aromatic carboxylic acids is 1. The summed E-state index contributed by atoms with van der Waals surface area (Å²) in [4.78, 5) is 17.6. The number of imidazole rings is 1. The first-order chi connectivity index (χ1) is 9.31. The molecule has 20 heavy (non-hydrogen) atoms. The number of hydrogen-bond donors (Lipinski definition) is 3. The molecule has 0 saturated carbocycles. The fraction of sp³-hybridized carbons (Fsp3) is 0.167. The number of aryl methyl sites for hydroxylation is 2. The van der Waals surface area contributed by atoms with E-state index in [2.05, 4.69) is 14.7 Å². The van der Waals surface area contributed by atoms with Crippen molar-refractivity contribution in [1.82, 2.24) is 9.97 Å². The van der Waals surface area contributed by atoms with Crippen LogP contribution in [-0.4, -0.2) is 29.5 Å². The van der Waals surface area contributed by atoms with Gasteiger partial charge in [-0.2, -0.15) is 8.42 Å². The third kappa shape index (κ3) is 2.64. The van der Waals surface area contributed by atoms with Gasteiger partial charge in [0.05, 0.1) is 17.4 Å². The van der Waals surface area contributed by atoms with Crippen LogP contribution in [0.4, 0.5) is 5.69 Å². The minimum absolute atomic E-state index is 0.0484. The summed E-state index contributed by atoms with van der Waals surface area (Å²) >= 11 is 0. The number of para-hydroxylation sites is 1. The Morgan fingerprint density at radius 1 is 1.35 bits per heavy atom. The van der Waals surface area contributed by atoms with Crippen LogP contribution in [-0.2, 0) is 10.0 Å². The summed E-state index contributed by atoms with van der Waals surface area (Å²) in [5, 5.41) is 8.99. The number of aromatic amines is 1. The van der Waals surface area contributed by atoms with Gasteiger partial charge in [0.25, 0.3) is 10.0 Å². The highest BCUT2D eigenvalue weighted by molar-refractivity contribution is 7.92. The minimum Gasteiger partial charge on any atom is -0.478 e. The molecule has 1 aromatic heterocycles. The van der Waals surface area contributed by atoms with Crippen molar-refractivity contribution in [2.75, 3.05) is 4.72 Å². The lowest BCUT2D eigenvalue weighted by atomic mass is 10.1. The maximum atomic E-state index is 12.2. The molecule has 0 amide bonds. The molecule has 0 fully saturated rings. The van der Waals surface area contributed by atoms with Gasteiger partial charge in [0, 0.05) is 0 Å². The molecule has 0 atom stereocenters. The van der Waals surface area contributed by atoms with Crippen molar-refractivity contribution in [2.24, 2.45) is 0 Å². The summed E-state index contributed by atoms with van der Waals surface area (Å²) in [5.41, 5.74) is 0.460. The number of carboxylic acid groups (broad SMARTS) is 1. The fourth-order valence-corrected chi connectivity index (χ4v) is 2.83. The number of carboxylic acids is 1. The third-order valence-corrected chi connectivity index (χ3v) is 3.97. The first-order valence-electron chi connectivity index (χ1n) is 5.68. The zero-order valence-corrected chi connectivity index (χ0v) is 11.7. The Hall–Kier alpha value is -2.35. The van der Waals surface area contributed by atoms with E-state index in [0.29, 0.717) is 11.4 Å². The highest BCUT2D eigenvalue weighted by Crippen LogP contribution is 2.23. The molecule has 2 aromatic rings. The fourth-order valence-electron chi connectivity index (χ4n) is 1.71. The average molecular weight is 295 g/mol. The molecule has 8 heteroatoms. The van der Waals surface area contributed by atoms with E-state index >= 15 is 0 Å². The molecule has 1 heterocycles. The number of aromatic nitrogens is 2. The maximum Gasteiger partial charge on any atom is 0.337 e. The van der Waals surface area contributed by atoms with Crippen LogP contribution in [0.2, 0.25) is 0 Å². The van der Waals surface area contributed by atoms with Crippen LogP contribution in [0.15, 0.2) is 29.4 Å². The van der Waals surface area contributed by atoms with Crippen LogP contribution in [0.1, 0.15) is 21.7 Å². The minimum atomic E-state index is -3.90. The molecule has 7 nitrogen and oxygen atoms in total. The molecule has 3 N–H and O–H groups in total. The summed E-state index contributed by atoms with van der Waals surface area (Å²) in [6, 6.07) is 4.52. The maximum absolute atomic E-state index is 12.2. The smallest absolute Gasteiger partial charge is 0.337 e. The first kappa shape index (κ1) is 14.1. The molecular formula is C12H13N3O4S. The Kier molecular flexibility index (Phi) is 3.49. The number of anilines is 1. The van der Waals surface area contributed by atoms with Crippen LogP contribution >= 0.6 is 0 Å². The normalized spacial score (nSPS) is 11.3. The second-order valence-electron chi connectivity index (χ2n) is 4.24. The topological polar surface area (TPSA) is 112 Å². The molecule has 0 saturated heterocycles. The number of rotatable bonds is 4. The Morgan fingerprint density at radius 2 is 2.05 bits per heavy atom. The first-order valence-corrected chi connectivity index (χ1v) is 7.17. The summed E-state index contributed by atoms with van der Waals surface area (Å²) in [5.74, 6) is -0.749. The van der Waals surface area contributed by atoms with Crippen molar-refractivity contribution in [3.8, 4) is 0 Å². The van der Waals surface area contributed by atoms with Crippen LogP contribution in [0.5, 0.6) is 0 Å². The Balaban J connectivity index is 2.47. The zero-order chi connectivity index (χ0) is 14.9. The molecule has 0 radical (unpaired) electrons. The van der Waals surface area contributed by atoms with Gasteiger partial charge in [0.1, 0.15) is 5.82 Å². The van der Waals surface area contributed by atoms with Crippen molar-refractivity contribution < 1.29 is 18.3 Å². The molecule has 0 aliphatic rings. The summed E-state index contributed by atoms with van der Waals surface area (Å²) in [7, 11) is -3.90. The molecule has 1 aromatic carbocycles. The van der Waals surface area contributed by atoms with Gasteiger partial charge in [-0.3, -0.25) is 4.72 Å². The van der Waals surface area contributed by atoms with E-state index in [-0.39, 0.29) is 16.3 Å². The lowest BCUT2D eigenvalue weighted by Crippen LogP contribution is -2.17. The molecule has 0 unspecified atom stereocenters. The van der Waals surface area contributed by atoms with E-state index < -0.39 is 16.0 Å². The monoisotopic (exact) mass is 295 g/mol. The number of H-pyrrole nitrogens is 1. The van der Waals surface area contributed by atoms with Gasteiger partial charge in [-0.15, -0.1) is 0 Å². The zero-order valence-electron chi connectivity index (χ0n) is 10.8. The van der Waals surface area contributed by atoms with Gasteiger partial charge in [-0.25, -0.2) is 9.78 Å². The van der Waals surface area contributed by atoms with E-state index in [1.165, 1.54) is 12.3 Å². The van der Waals surface area contributed by atoms with Crippen molar-refractivity contribution >= 4 is 21.7 Å². The van der Waals surface area contributed by atoms with Gasteiger partial charge in [-0.05, 0) is 25.5 Å². The van der Waals surface area contributed by atoms with E-state index in [1.54, 1.807) is 26.0 Å². The standard InChI is InChI=1S/C12H13N3O4S/c1-7-4-3-5-9(12(16)17)11(7)15-20(18,19)10-6-13-8(2)14-10/h3-6,15H,1-2H3,(H,13,14)(H,16,17). The van der Waals surface area contributed by atoms with Gasteiger partial charge < -0.3 is 10.1 Å². The van der Waals surface area contributed by atoms with Crippen molar-refractivity contribution in [3.63, 3.8) is 0 Å². The third-order valence-electron chi connectivity index (χ3n) is 2.71. The highest BCUT2D eigenvalue weighted by atomic mass is 32.2. The lowest BCUT2D eigenvalue weighted by molar-refractivity contribution is 0.0698. The van der Waals surface area contributed by atoms with Crippen molar-refractivity contribution in [2.45, 2.75) is 18.9 Å². The van der Waals surface area contributed by atoms with E-state index in [1.807, 2.05) is 0 Å². The quantitative estimate of drug-likeness (QED) is 0.791. The molecule has 2 rings (SSSR count). The number of hydrogen-bond acceptors (Lipinski definition) is 4. The highest BCUT2D eigenvalue weighted by Gasteiger charge is 2.21. The second kappa shape index (κ2) is 4.97. The van der Waals surface area contributed by atoms with Crippen molar-refractivity contribution in [1.29, 1.82) is 0 Å². The second-order valence-corrected chi connectivity index (χ2v) is 5.89.